The molecule has 0 saturated carbocycles. The van der Waals surface area contributed by atoms with Gasteiger partial charge in [-0.1, -0.05) is 83.3 Å². The second kappa shape index (κ2) is 20.4. The molecule has 3 unspecified atom stereocenters. The van der Waals surface area contributed by atoms with Crippen molar-refractivity contribution in [2.45, 2.75) is 163 Å². The lowest BCUT2D eigenvalue weighted by molar-refractivity contribution is -0.345. The molecule has 2 aliphatic rings. The van der Waals surface area contributed by atoms with Gasteiger partial charge in [-0.2, -0.15) is 0 Å². The van der Waals surface area contributed by atoms with Crippen molar-refractivity contribution in [2.75, 3.05) is 13.2 Å². The maximum Gasteiger partial charge on any atom is 0.187 e. The Hall–Kier alpha value is -0.820. The average Bonchev–Trinajstić information content (AvgIpc) is 3.02. The number of unbranched alkanes of at least 4 members (excludes halogenated alkanes) is 9. The molecule has 14 heteroatoms. The predicted octanol–water partition coefficient (Wildman–Crippen LogP) is -2.07. The molecule has 2 heterocycles. The number of hydrogen-bond acceptors (Lipinski definition) is 14. The lowest BCUT2D eigenvalue weighted by atomic mass is 9.88. The molecule has 0 spiro atoms. The average molecular weight is 640 g/mol. The van der Waals surface area contributed by atoms with Gasteiger partial charge in [0.1, 0.15) is 61.0 Å². The van der Waals surface area contributed by atoms with Gasteiger partial charge >= 0.3 is 0 Å². The maximum absolute atomic E-state index is 10.8. The van der Waals surface area contributed by atoms with Crippen molar-refractivity contribution in [3.8, 4) is 0 Å². The summed E-state index contributed by atoms with van der Waals surface area (Å²) in [5, 5.41) is 103. The largest absolute Gasteiger partial charge is 0.394 e. The van der Waals surface area contributed by atoms with E-state index in [1.165, 1.54) is 57.1 Å². The van der Waals surface area contributed by atoms with Crippen LogP contribution in [0.5, 0.6) is 0 Å². The van der Waals surface area contributed by atoms with Gasteiger partial charge in [0.15, 0.2) is 6.29 Å². The van der Waals surface area contributed by atoms with Crippen LogP contribution in [0.3, 0.4) is 0 Å². The molecule has 2 saturated heterocycles. The van der Waals surface area contributed by atoms with Gasteiger partial charge in [-0.15, -0.1) is 0 Å². The molecule has 0 amide bonds. The van der Waals surface area contributed by atoms with Crippen LogP contribution in [-0.4, -0.2) is 150 Å². The van der Waals surface area contributed by atoms with E-state index in [0.29, 0.717) is 6.42 Å². The molecule has 0 aliphatic carbocycles. The van der Waals surface area contributed by atoms with Crippen molar-refractivity contribution in [3.05, 3.63) is 12.2 Å². The van der Waals surface area contributed by atoms with E-state index in [1.54, 1.807) is 0 Å². The standard InChI is InChI=1S/C30H57NO13/c1-2-3-4-5-6-7-8-9-10-11-12-17(34)13-14-18(35)21(31)23(37)29-26(40)25(39)28(20(16-33)42-29)44-30-27(41)24(38)22(36)19(15-32)43-30/h13-14,17-30,32-41H,2-12,15-16,31H2,1H3/b14-13+/t17?,18-,19-,20-,21-,22+,23?,24+,25-,26-,27-,28-,29?,30+/m1/s1. The molecule has 2 rings (SSSR count). The zero-order valence-electron chi connectivity index (χ0n) is 25.7. The van der Waals surface area contributed by atoms with E-state index in [0.717, 1.165) is 19.3 Å². The molecule has 0 bridgehead atoms. The lowest BCUT2D eigenvalue weighted by Gasteiger charge is -2.47. The highest BCUT2D eigenvalue weighted by Crippen LogP contribution is 2.31. The third kappa shape index (κ3) is 11.5. The summed E-state index contributed by atoms with van der Waals surface area (Å²) in [5.74, 6) is 0. The Morgan fingerprint density at radius 3 is 1.82 bits per heavy atom. The molecule has 260 valence electrons. The fourth-order valence-electron chi connectivity index (χ4n) is 5.63. The van der Waals surface area contributed by atoms with E-state index >= 15 is 0 Å². The van der Waals surface area contributed by atoms with Crippen molar-refractivity contribution < 1.29 is 65.3 Å². The fraction of sp³-hybridized carbons (Fsp3) is 0.933. The lowest BCUT2D eigenvalue weighted by Crippen LogP contribution is -2.67. The van der Waals surface area contributed by atoms with Crippen LogP contribution in [0, 0.1) is 0 Å². The molecule has 2 aliphatic heterocycles. The van der Waals surface area contributed by atoms with Crippen LogP contribution >= 0.6 is 0 Å². The summed E-state index contributed by atoms with van der Waals surface area (Å²) in [6, 6.07) is -1.41. The topological polar surface area (TPSA) is 256 Å². The molecule has 2 fully saturated rings. The molecule has 14 atom stereocenters. The minimum Gasteiger partial charge on any atom is -0.394 e. The Labute approximate surface area is 259 Å². The third-order valence-corrected chi connectivity index (χ3v) is 8.55. The first kappa shape index (κ1) is 39.4. The zero-order chi connectivity index (χ0) is 32.8. The first-order chi connectivity index (χ1) is 21.0. The number of nitrogens with two attached hydrogens (primary N) is 1. The minimum absolute atomic E-state index is 0.502. The Kier molecular flexibility index (Phi) is 18.3. The Balaban J connectivity index is 1.84. The van der Waals surface area contributed by atoms with Crippen LogP contribution in [0.2, 0.25) is 0 Å². The molecule has 44 heavy (non-hydrogen) atoms. The van der Waals surface area contributed by atoms with Crippen LogP contribution in [0.15, 0.2) is 12.2 Å². The summed E-state index contributed by atoms with van der Waals surface area (Å²) in [6.07, 6.45) is -5.56. The Bertz CT molecular complexity index is 790. The van der Waals surface area contributed by atoms with E-state index < -0.39 is 98.8 Å². The Morgan fingerprint density at radius 1 is 0.682 bits per heavy atom. The van der Waals surface area contributed by atoms with Crippen molar-refractivity contribution in [2.24, 2.45) is 5.73 Å². The Morgan fingerprint density at radius 2 is 1.25 bits per heavy atom. The van der Waals surface area contributed by atoms with Crippen molar-refractivity contribution in [1.82, 2.24) is 0 Å². The summed E-state index contributed by atoms with van der Waals surface area (Å²) in [4.78, 5) is 0. The number of aliphatic hydroxyl groups excluding tert-OH is 10. The van der Waals surface area contributed by atoms with Crippen molar-refractivity contribution in [3.63, 3.8) is 0 Å². The van der Waals surface area contributed by atoms with Gasteiger partial charge in [0, 0.05) is 0 Å². The van der Waals surface area contributed by atoms with Gasteiger partial charge in [-0.05, 0) is 6.42 Å². The first-order valence-corrected chi connectivity index (χ1v) is 16.0. The molecular weight excluding hydrogens is 582 g/mol. The van der Waals surface area contributed by atoms with Crippen LogP contribution in [0.1, 0.15) is 77.6 Å². The van der Waals surface area contributed by atoms with Gasteiger partial charge in [0.05, 0.1) is 31.5 Å². The van der Waals surface area contributed by atoms with Gasteiger partial charge in [0.2, 0.25) is 0 Å². The molecular formula is C30H57NO13. The van der Waals surface area contributed by atoms with Crippen LogP contribution in [0.4, 0.5) is 0 Å². The van der Waals surface area contributed by atoms with E-state index in [2.05, 4.69) is 6.92 Å². The maximum atomic E-state index is 10.8. The van der Waals surface area contributed by atoms with Crippen LogP contribution in [0.25, 0.3) is 0 Å². The number of ether oxygens (including phenoxy) is 3. The second-order valence-corrected chi connectivity index (χ2v) is 12.1. The van der Waals surface area contributed by atoms with Crippen molar-refractivity contribution in [1.29, 1.82) is 0 Å². The van der Waals surface area contributed by atoms with E-state index in [9.17, 15) is 51.1 Å². The third-order valence-electron chi connectivity index (χ3n) is 8.55. The van der Waals surface area contributed by atoms with Gasteiger partial charge < -0.3 is 71.0 Å². The molecule has 14 nitrogen and oxygen atoms in total. The molecule has 0 aromatic heterocycles. The highest BCUT2D eigenvalue weighted by molar-refractivity contribution is 5.04. The summed E-state index contributed by atoms with van der Waals surface area (Å²) in [6.45, 7) is 0.699. The highest BCUT2D eigenvalue weighted by Gasteiger charge is 2.52. The van der Waals surface area contributed by atoms with Gasteiger partial charge in [-0.3, -0.25) is 0 Å². The quantitative estimate of drug-likeness (QED) is 0.0506. The molecule has 0 aromatic carbocycles. The van der Waals surface area contributed by atoms with Crippen LogP contribution < -0.4 is 5.73 Å². The normalized spacial score (nSPS) is 35.9. The summed E-state index contributed by atoms with van der Waals surface area (Å²) < 4.78 is 16.4. The fourth-order valence-corrected chi connectivity index (χ4v) is 5.63. The first-order valence-electron chi connectivity index (χ1n) is 16.0. The monoisotopic (exact) mass is 639 g/mol. The zero-order valence-corrected chi connectivity index (χ0v) is 25.7. The number of rotatable bonds is 20. The molecule has 12 N–H and O–H groups in total. The molecule has 0 radical (unpaired) electrons. The highest BCUT2D eigenvalue weighted by atomic mass is 16.7. The van der Waals surface area contributed by atoms with E-state index in [-0.39, 0.29) is 0 Å². The summed E-state index contributed by atoms with van der Waals surface area (Å²) in [7, 11) is 0. The second-order valence-electron chi connectivity index (χ2n) is 12.1. The smallest absolute Gasteiger partial charge is 0.187 e. The van der Waals surface area contributed by atoms with E-state index in [4.69, 9.17) is 19.9 Å². The van der Waals surface area contributed by atoms with E-state index in [1.807, 2.05) is 0 Å². The van der Waals surface area contributed by atoms with Gasteiger partial charge in [0.25, 0.3) is 0 Å². The molecule has 0 aromatic rings. The number of aliphatic hydroxyl groups is 10. The summed E-state index contributed by atoms with van der Waals surface area (Å²) in [5.41, 5.74) is 6.01. The van der Waals surface area contributed by atoms with Gasteiger partial charge in [-0.25, -0.2) is 0 Å². The summed E-state index contributed by atoms with van der Waals surface area (Å²) >= 11 is 0. The minimum atomic E-state index is -1.84. The van der Waals surface area contributed by atoms with Crippen molar-refractivity contribution >= 4 is 0 Å². The number of hydrogen-bond donors (Lipinski definition) is 11. The van der Waals surface area contributed by atoms with Crippen LogP contribution in [-0.2, 0) is 14.2 Å². The SMILES string of the molecule is CCCCCCCCCCCCC(O)/C=C/[C@@H](O)[C@@H](N)C(O)C1O[C@H](CO)[C@@H](O[C@@H]2O[C@H](CO)[C@H](O)[C@H](O)[C@H]2O)[C@H](O)[C@H]1O. The predicted molar refractivity (Wildman–Crippen MR) is 158 cm³/mol.